The molecule has 2 saturated heterocycles. The van der Waals surface area contributed by atoms with Crippen LogP contribution in [0.4, 0.5) is 0 Å². The lowest BCUT2D eigenvalue weighted by atomic mass is 9.90. The Hall–Kier alpha value is -1.88. The van der Waals surface area contributed by atoms with Gasteiger partial charge in [-0.15, -0.1) is 0 Å². The number of Topliss-reactive ketones (excluding diaryl/α,β-unsaturated/α-hetero) is 1. The summed E-state index contributed by atoms with van der Waals surface area (Å²) in [6.07, 6.45) is 4.35. The van der Waals surface area contributed by atoms with Gasteiger partial charge in [0.15, 0.2) is 5.78 Å². The van der Waals surface area contributed by atoms with E-state index in [0.717, 1.165) is 25.8 Å². The lowest BCUT2D eigenvalue weighted by molar-refractivity contribution is -0.133. The second-order valence-corrected chi connectivity index (χ2v) is 7.57. The predicted molar refractivity (Wildman–Crippen MR) is 100 cm³/mol. The molecule has 0 unspecified atom stereocenters. The molecule has 3 rings (SSSR count). The molecule has 0 spiro atoms. The summed E-state index contributed by atoms with van der Waals surface area (Å²) in [5.74, 6) is 0.227. The minimum atomic E-state index is -0.144. The first-order chi connectivity index (χ1) is 12.5. The maximum atomic E-state index is 12.7. The molecule has 1 atom stereocenters. The zero-order valence-corrected chi connectivity index (χ0v) is 15.7. The summed E-state index contributed by atoms with van der Waals surface area (Å²) in [4.78, 5) is 40.4. The number of amides is 2. The van der Waals surface area contributed by atoms with E-state index in [0.29, 0.717) is 49.5 Å². The van der Waals surface area contributed by atoms with Crippen molar-refractivity contribution in [2.75, 3.05) is 26.2 Å². The van der Waals surface area contributed by atoms with Gasteiger partial charge in [-0.1, -0.05) is 11.6 Å². The predicted octanol–water partition coefficient (Wildman–Crippen LogP) is 3.16. The van der Waals surface area contributed by atoms with E-state index in [-0.39, 0.29) is 23.5 Å². The number of rotatable bonds is 6. The average Bonchev–Trinajstić information content (AvgIpc) is 3.07. The smallest absolute Gasteiger partial charge is 0.222 e. The zero-order chi connectivity index (χ0) is 18.5. The van der Waals surface area contributed by atoms with Crippen LogP contribution in [0.2, 0.25) is 5.02 Å². The molecule has 0 N–H and O–H groups in total. The normalized spacial score (nSPS) is 20.5. The molecular weight excluding hydrogens is 352 g/mol. The number of halogens is 1. The van der Waals surface area contributed by atoms with Crippen LogP contribution in [0.25, 0.3) is 0 Å². The highest BCUT2D eigenvalue weighted by molar-refractivity contribution is 6.30. The van der Waals surface area contributed by atoms with Crippen LogP contribution < -0.4 is 0 Å². The first-order valence-electron chi connectivity index (χ1n) is 9.40. The van der Waals surface area contributed by atoms with E-state index in [1.165, 1.54) is 0 Å². The number of hydrogen-bond donors (Lipinski definition) is 0. The van der Waals surface area contributed by atoms with E-state index in [1.54, 1.807) is 24.3 Å². The fourth-order valence-corrected chi connectivity index (χ4v) is 3.91. The minimum Gasteiger partial charge on any atom is -0.343 e. The highest BCUT2D eigenvalue weighted by Gasteiger charge is 2.29. The van der Waals surface area contributed by atoms with Crippen molar-refractivity contribution < 1.29 is 14.4 Å². The molecule has 6 heteroatoms. The molecule has 1 aromatic carbocycles. The van der Waals surface area contributed by atoms with Gasteiger partial charge < -0.3 is 9.80 Å². The van der Waals surface area contributed by atoms with Crippen molar-refractivity contribution in [2.24, 2.45) is 5.92 Å². The Kier molecular flexibility index (Phi) is 6.30. The van der Waals surface area contributed by atoms with Crippen LogP contribution in [0.15, 0.2) is 24.3 Å². The highest BCUT2D eigenvalue weighted by atomic mass is 35.5. The Morgan fingerprint density at radius 1 is 1.12 bits per heavy atom. The number of hydrogen-bond acceptors (Lipinski definition) is 3. The molecule has 140 valence electrons. The van der Waals surface area contributed by atoms with Crippen LogP contribution in [0, 0.1) is 5.92 Å². The largest absolute Gasteiger partial charge is 0.343 e. The Morgan fingerprint density at radius 2 is 1.88 bits per heavy atom. The molecular formula is C20H25ClN2O3. The lowest BCUT2D eigenvalue weighted by Gasteiger charge is -2.32. The van der Waals surface area contributed by atoms with Gasteiger partial charge in [0.25, 0.3) is 0 Å². The standard InChI is InChI=1S/C20H25ClN2O3/c21-17-9-7-15(8-10-17)20(26)16-4-1-13-23(14-16)19(25)6-3-12-22-11-2-5-18(22)24/h7-10,16H,1-6,11-14H2/t16-/m1/s1. The molecule has 2 aliphatic heterocycles. The molecule has 0 saturated carbocycles. The fraction of sp³-hybridized carbons (Fsp3) is 0.550. The Morgan fingerprint density at radius 3 is 2.58 bits per heavy atom. The summed E-state index contributed by atoms with van der Waals surface area (Å²) in [6.45, 7) is 2.68. The summed E-state index contributed by atoms with van der Waals surface area (Å²) in [6, 6.07) is 6.94. The lowest BCUT2D eigenvalue weighted by Crippen LogP contribution is -2.42. The molecule has 1 aromatic rings. The number of piperidine rings is 1. The third-order valence-corrected chi connectivity index (χ3v) is 5.52. The van der Waals surface area contributed by atoms with Crippen LogP contribution in [0.5, 0.6) is 0 Å². The molecule has 26 heavy (non-hydrogen) atoms. The van der Waals surface area contributed by atoms with Crippen molar-refractivity contribution in [1.29, 1.82) is 0 Å². The SMILES string of the molecule is O=C(c1ccc(Cl)cc1)[C@@H]1CCCN(C(=O)CCCN2CCCC2=O)C1. The number of likely N-dealkylation sites (tertiary alicyclic amines) is 2. The van der Waals surface area contributed by atoms with E-state index in [2.05, 4.69) is 0 Å². The summed E-state index contributed by atoms with van der Waals surface area (Å²) in [5.41, 5.74) is 0.654. The number of benzene rings is 1. The van der Waals surface area contributed by atoms with Gasteiger partial charge in [0.1, 0.15) is 0 Å². The van der Waals surface area contributed by atoms with Crippen molar-refractivity contribution in [2.45, 2.75) is 38.5 Å². The first-order valence-corrected chi connectivity index (χ1v) is 9.78. The van der Waals surface area contributed by atoms with Gasteiger partial charge in [-0.3, -0.25) is 14.4 Å². The van der Waals surface area contributed by atoms with Crippen molar-refractivity contribution >= 4 is 29.2 Å². The van der Waals surface area contributed by atoms with Gasteiger partial charge in [-0.05, 0) is 49.9 Å². The highest BCUT2D eigenvalue weighted by Crippen LogP contribution is 2.23. The van der Waals surface area contributed by atoms with Gasteiger partial charge in [0.05, 0.1) is 0 Å². The van der Waals surface area contributed by atoms with Crippen LogP contribution in [0.1, 0.15) is 48.9 Å². The Labute approximate surface area is 159 Å². The van der Waals surface area contributed by atoms with Crippen LogP contribution in [-0.2, 0) is 9.59 Å². The maximum absolute atomic E-state index is 12.7. The molecule has 2 amide bonds. The minimum absolute atomic E-state index is 0.0850. The summed E-state index contributed by atoms with van der Waals surface area (Å²) in [5, 5.41) is 0.610. The monoisotopic (exact) mass is 376 g/mol. The molecule has 0 radical (unpaired) electrons. The van der Waals surface area contributed by atoms with E-state index in [9.17, 15) is 14.4 Å². The zero-order valence-electron chi connectivity index (χ0n) is 15.0. The third kappa shape index (κ3) is 4.64. The summed E-state index contributed by atoms with van der Waals surface area (Å²) < 4.78 is 0. The molecule has 0 aliphatic carbocycles. The number of ketones is 1. The van der Waals surface area contributed by atoms with Crippen molar-refractivity contribution in [1.82, 2.24) is 9.80 Å². The number of carbonyl (C=O) groups excluding carboxylic acids is 3. The van der Waals surface area contributed by atoms with E-state index in [1.807, 2.05) is 9.80 Å². The first kappa shape index (κ1) is 18.9. The fourth-order valence-electron chi connectivity index (χ4n) is 3.79. The number of carbonyl (C=O) groups is 3. The van der Waals surface area contributed by atoms with Gasteiger partial charge in [0.2, 0.25) is 11.8 Å². The van der Waals surface area contributed by atoms with Gasteiger partial charge >= 0.3 is 0 Å². The third-order valence-electron chi connectivity index (χ3n) is 5.26. The van der Waals surface area contributed by atoms with Crippen LogP contribution in [0.3, 0.4) is 0 Å². The molecule has 2 fully saturated rings. The van der Waals surface area contributed by atoms with Gasteiger partial charge in [-0.2, -0.15) is 0 Å². The maximum Gasteiger partial charge on any atom is 0.222 e. The van der Waals surface area contributed by atoms with E-state index < -0.39 is 0 Å². The molecule has 2 aliphatic rings. The molecule has 2 heterocycles. The van der Waals surface area contributed by atoms with Crippen LogP contribution in [-0.4, -0.2) is 53.6 Å². The molecule has 5 nitrogen and oxygen atoms in total. The van der Waals surface area contributed by atoms with E-state index >= 15 is 0 Å². The van der Waals surface area contributed by atoms with Crippen molar-refractivity contribution in [3.05, 3.63) is 34.9 Å². The second-order valence-electron chi connectivity index (χ2n) is 7.14. The molecule has 0 bridgehead atoms. The van der Waals surface area contributed by atoms with Gasteiger partial charge in [0, 0.05) is 55.5 Å². The second kappa shape index (κ2) is 8.67. The average molecular weight is 377 g/mol. The summed E-state index contributed by atoms with van der Waals surface area (Å²) in [7, 11) is 0. The van der Waals surface area contributed by atoms with Crippen LogP contribution >= 0.6 is 11.6 Å². The topological polar surface area (TPSA) is 57.7 Å². The Balaban J connectivity index is 1.49. The van der Waals surface area contributed by atoms with Gasteiger partial charge in [-0.25, -0.2) is 0 Å². The number of nitrogens with zero attached hydrogens (tertiary/aromatic N) is 2. The van der Waals surface area contributed by atoms with Crippen molar-refractivity contribution in [3.8, 4) is 0 Å². The van der Waals surface area contributed by atoms with Crippen molar-refractivity contribution in [3.63, 3.8) is 0 Å². The summed E-state index contributed by atoms with van der Waals surface area (Å²) >= 11 is 5.88. The van der Waals surface area contributed by atoms with E-state index in [4.69, 9.17) is 11.6 Å². The quantitative estimate of drug-likeness (QED) is 0.716. The Bertz CT molecular complexity index is 674. The molecule has 0 aromatic heterocycles.